The summed E-state index contributed by atoms with van der Waals surface area (Å²) in [5.41, 5.74) is 2.20. The van der Waals surface area contributed by atoms with Crippen LogP contribution in [0.2, 0.25) is 5.02 Å². The first-order valence-electron chi connectivity index (χ1n) is 24.5. The van der Waals surface area contributed by atoms with Crippen LogP contribution in [0, 0.1) is 34.4 Å². The van der Waals surface area contributed by atoms with E-state index in [0.29, 0.717) is 41.0 Å². The number of esters is 1. The second-order valence-electron chi connectivity index (χ2n) is 20.3. The number of anilines is 1. The third-order valence-electron chi connectivity index (χ3n) is 13.8. The fourth-order valence-corrected chi connectivity index (χ4v) is 9.52. The Morgan fingerprint density at radius 3 is 2.12 bits per heavy atom. The normalized spacial score (nSPS) is 17.3. The van der Waals surface area contributed by atoms with Crippen LogP contribution >= 0.6 is 11.6 Å². The highest BCUT2D eigenvalue weighted by Gasteiger charge is 2.43. The van der Waals surface area contributed by atoms with Crippen LogP contribution in [0.1, 0.15) is 69.2 Å². The minimum absolute atomic E-state index is 0.0479. The third kappa shape index (κ3) is 15.4. The number of ether oxygens (including phenoxy) is 2. The number of alkyl halides is 4. The number of aliphatic hydroxyl groups excluding tert-OH is 1. The van der Waals surface area contributed by atoms with Gasteiger partial charge in [-0.3, -0.25) is 38.5 Å². The predicted molar refractivity (Wildman–Crippen MR) is 272 cm³/mol. The Morgan fingerprint density at radius 2 is 1.55 bits per heavy atom. The quantitative estimate of drug-likeness (QED) is 0.0273. The zero-order valence-corrected chi connectivity index (χ0v) is 43.5. The van der Waals surface area contributed by atoms with Crippen molar-refractivity contribution in [1.29, 1.82) is 0 Å². The lowest BCUT2D eigenvalue weighted by Crippen LogP contribution is -2.60. The summed E-state index contributed by atoms with van der Waals surface area (Å²) in [6.45, 7) is 3.58. The summed E-state index contributed by atoms with van der Waals surface area (Å²) in [6, 6.07) is 15.6. The molecule has 2 unspecified atom stereocenters. The summed E-state index contributed by atoms with van der Waals surface area (Å²) in [7, 11) is 2.19. The largest absolute Gasteiger partial charge is 0.469 e. The van der Waals surface area contributed by atoms with Gasteiger partial charge in [0.15, 0.2) is 0 Å². The Morgan fingerprint density at radius 1 is 0.880 bits per heavy atom. The number of carbonyl (C=O) groups is 4. The lowest BCUT2D eigenvalue weighted by molar-refractivity contribution is -0.148. The van der Waals surface area contributed by atoms with Crippen molar-refractivity contribution in [2.24, 2.45) is 16.7 Å². The van der Waals surface area contributed by atoms with Crippen molar-refractivity contribution in [1.82, 2.24) is 35.9 Å². The van der Waals surface area contributed by atoms with E-state index < -0.39 is 104 Å². The number of piperazine rings is 1. The summed E-state index contributed by atoms with van der Waals surface area (Å²) in [4.78, 5) is 66.3. The molecule has 2 aliphatic rings. The van der Waals surface area contributed by atoms with Crippen molar-refractivity contribution in [3.8, 4) is 23.1 Å². The molecular formula is C54H64ClF5N8O7. The summed E-state index contributed by atoms with van der Waals surface area (Å²) >= 11 is 6.72. The van der Waals surface area contributed by atoms with Gasteiger partial charge in [0.25, 0.3) is 6.43 Å². The molecule has 4 heterocycles. The van der Waals surface area contributed by atoms with E-state index in [1.807, 2.05) is 17.0 Å². The molecule has 6 rings (SSSR count). The minimum Gasteiger partial charge on any atom is -0.469 e. The van der Waals surface area contributed by atoms with Crippen LogP contribution in [-0.2, 0) is 36.8 Å². The number of hydrogen-bond donors (Lipinski definition) is 4. The van der Waals surface area contributed by atoms with Gasteiger partial charge < -0.3 is 30.1 Å². The molecule has 2 bridgehead atoms. The highest BCUT2D eigenvalue weighted by molar-refractivity contribution is 6.31. The highest BCUT2D eigenvalue weighted by atomic mass is 35.5. The van der Waals surface area contributed by atoms with Crippen molar-refractivity contribution in [3.05, 3.63) is 112 Å². The molecule has 2 aliphatic heterocycles. The molecule has 0 radical (unpaired) electrons. The van der Waals surface area contributed by atoms with Crippen molar-refractivity contribution >= 4 is 41.3 Å². The number of amides is 3. The number of halogens is 6. The van der Waals surface area contributed by atoms with Crippen LogP contribution in [0.15, 0.2) is 79.1 Å². The maximum absolute atomic E-state index is 16.2. The van der Waals surface area contributed by atoms with E-state index in [9.17, 15) is 41.8 Å². The van der Waals surface area contributed by atoms with Crippen LogP contribution in [0.4, 0.5) is 32.6 Å². The topological polar surface area (TPSA) is 179 Å². The zero-order valence-electron chi connectivity index (χ0n) is 42.7. The Bertz CT molecular complexity index is 2620. The molecule has 21 heteroatoms. The molecule has 2 fully saturated rings. The molecule has 3 amide bonds. The SMILES string of the molecule is COC(=O)C[C@H](C(=O)NN(Cc1c(F)cc(-c2ccccn2)cc1Cl)C[C@H](O)[C@H](Cc1ccc(C#Cc2ccc(N3CC4CCC(C3)N4CC(F)F)nc2)cc1)NC(=O)[C@@H](NC(=O)OC)C(C)(C)CF)C(C)(C)CF. The minimum atomic E-state index is -2.38. The standard InChI is InChI=1S/C54H64ClF5N8O7/c1-53(2,31-56)40(24-48(70)74-5)50(71)65-67(28-39-41(55)22-36(23-42(39)58)43-9-7-8-20-61-43)29-45(69)44(63-51(72)49(54(3,4)32-57)64-52(73)75-6)21-34-13-10-33(11-14-34)12-15-35-16-19-47(62-25-35)66-26-37-17-18-38(27-66)68(37)30-46(59)60/h7-11,13-14,16,19-20,22-23,25,37-38,40,44-46,49,69H,17-18,21,24,26-32H2,1-6H3,(H,63,72)(H,64,73)(H,65,71)/t37?,38?,40-,44+,45+,49-/m1/s1. The Kier molecular flexibility index (Phi) is 20.0. The Hall–Kier alpha value is -6.40. The molecule has 4 aromatic rings. The van der Waals surface area contributed by atoms with Crippen LogP contribution in [0.5, 0.6) is 0 Å². The molecule has 2 aromatic heterocycles. The van der Waals surface area contributed by atoms with E-state index in [2.05, 4.69) is 42.8 Å². The van der Waals surface area contributed by atoms with Gasteiger partial charge in [0.2, 0.25) is 11.8 Å². The van der Waals surface area contributed by atoms with Crippen molar-refractivity contribution < 1.29 is 55.7 Å². The van der Waals surface area contributed by atoms with Crippen molar-refractivity contribution in [3.63, 3.8) is 0 Å². The lowest BCUT2D eigenvalue weighted by atomic mass is 9.77. The fourth-order valence-electron chi connectivity index (χ4n) is 9.25. The van der Waals surface area contributed by atoms with Crippen molar-refractivity contribution in [2.75, 3.05) is 58.6 Å². The molecule has 4 N–H and O–H groups in total. The fraction of sp³-hybridized carbons (Fsp3) is 0.481. The second kappa shape index (κ2) is 25.9. The summed E-state index contributed by atoms with van der Waals surface area (Å²) < 4.78 is 81.2. The Balaban J connectivity index is 1.27. The number of benzene rings is 2. The number of alkyl carbamates (subject to hydrolysis) is 1. The number of aliphatic hydroxyl groups is 1. The smallest absolute Gasteiger partial charge is 0.407 e. The van der Waals surface area contributed by atoms with E-state index in [1.54, 1.807) is 48.7 Å². The number of methoxy groups -OCH3 is 2. The second-order valence-corrected chi connectivity index (χ2v) is 20.7. The highest BCUT2D eigenvalue weighted by Crippen LogP contribution is 2.34. The first-order valence-corrected chi connectivity index (χ1v) is 24.8. The van der Waals surface area contributed by atoms with Gasteiger partial charge in [0, 0.05) is 88.8 Å². The number of aromatic nitrogens is 2. The van der Waals surface area contributed by atoms with Crippen LogP contribution in [-0.4, -0.2) is 139 Å². The van der Waals surface area contributed by atoms with Gasteiger partial charge in [-0.2, -0.15) is 0 Å². The van der Waals surface area contributed by atoms with Gasteiger partial charge in [-0.25, -0.2) is 28.0 Å². The summed E-state index contributed by atoms with van der Waals surface area (Å²) in [5, 5.41) is 18.4. The average Bonchev–Trinajstić information content (AvgIpc) is 3.60. The molecule has 75 heavy (non-hydrogen) atoms. The van der Waals surface area contributed by atoms with E-state index in [0.717, 1.165) is 37.9 Å². The monoisotopic (exact) mass is 1070 g/mol. The van der Waals surface area contributed by atoms with E-state index >= 15 is 4.39 Å². The molecule has 0 aliphatic carbocycles. The predicted octanol–water partition coefficient (Wildman–Crippen LogP) is 7.07. The number of nitrogens with zero attached hydrogens (tertiary/aromatic N) is 5. The molecule has 2 saturated heterocycles. The number of fused-ring (bicyclic) bond motifs is 2. The molecular weight excluding hydrogens is 1000 g/mol. The first kappa shape index (κ1) is 57.9. The van der Waals surface area contributed by atoms with E-state index in [-0.39, 0.29) is 35.6 Å². The maximum atomic E-state index is 16.2. The molecule has 15 nitrogen and oxygen atoms in total. The third-order valence-corrected chi connectivity index (χ3v) is 14.1. The number of pyridine rings is 2. The summed E-state index contributed by atoms with van der Waals surface area (Å²) in [5.74, 6) is 2.24. The van der Waals surface area contributed by atoms with E-state index in [1.165, 1.54) is 46.0 Å². The van der Waals surface area contributed by atoms with Crippen LogP contribution in [0.3, 0.4) is 0 Å². The number of carbonyl (C=O) groups excluding carboxylic acids is 4. The number of hydrazine groups is 1. The zero-order chi connectivity index (χ0) is 54.6. The molecule has 0 saturated carbocycles. The maximum Gasteiger partial charge on any atom is 0.407 e. The Labute approximate surface area is 438 Å². The lowest BCUT2D eigenvalue weighted by Gasteiger charge is -2.41. The van der Waals surface area contributed by atoms with E-state index in [4.69, 9.17) is 21.1 Å². The van der Waals surface area contributed by atoms with Gasteiger partial charge in [0.05, 0.1) is 64.3 Å². The number of rotatable bonds is 22. The molecule has 404 valence electrons. The van der Waals surface area contributed by atoms with Crippen LogP contribution in [0.25, 0.3) is 11.3 Å². The number of nitrogens with one attached hydrogen (secondary N) is 3. The molecule has 0 spiro atoms. The van der Waals surface area contributed by atoms with Gasteiger partial charge in [0.1, 0.15) is 17.7 Å². The van der Waals surface area contributed by atoms with Gasteiger partial charge >= 0.3 is 12.1 Å². The van der Waals surface area contributed by atoms with Crippen molar-refractivity contribution in [2.45, 2.75) is 96.6 Å². The number of hydrogen-bond acceptors (Lipinski definition) is 12. The molecule has 2 aromatic carbocycles. The molecule has 6 atom stereocenters. The van der Waals surface area contributed by atoms with Gasteiger partial charge in [-0.05, 0) is 73.4 Å². The average molecular weight is 1070 g/mol. The first-order chi connectivity index (χ1) is 35.6. The summed E-state index contributed by atoms with van der Waals surface area (Å²) in [6.07, 6.45) is -0.767. The van der Waals surface area contributed by atoms with Crippen LogP contribution < -0.4 is 21.0 Å². The van der Waals surface area contributed by atoms with Gasteiger partial charge in [-0.15, -0.1) is 0 Å². The van der Waals surface area contributed by atoms with Gasteiger partial charge in [-0.1, -0.05) is 69.3 Å².